The SMILES string of the molecule is COc1cccc(-c2csc(NC(=O)CSc3cccc(NC(=O)c4ccc(F)cc4)c3)n2)c1. The number of aromatic nitrogens is 1. The Hall–Kier alpha value is -3.69. The molecule has 0 aliphatic heterocycles. The van der Waals surface area contributed by atoms with Crippen LogP contribution in [0.15, 0.2) is 83.1 Å². The van der Waals surface area contributed by atoms with Gasteiger partial charge in [0.05, 0.1) is 18.6 Å². The third-order valence-electron chi connectivity index (χ3n) is 4.68. The van der Waals surface area contributed by atoms with Crippen molar-refractivity contribution in [3.63, 3.8) is 0 Å². The molecule has 0 spiro atoms. The van der Waals surface area contributed by atoms with Crippen molar-refractivity contribution in [1.29, 1.82) is 0 Å². The van der Waals surface area contributed by atoms with Crippen LogP contribution in [0.25, 0.3) is 11.3 Å². The van der Waals surface area contributed by atoms with Crippen LogP contribution in [0.2, 0.25) is 0 Å². The predicted octanol–water partition coefficient (Wildman–Crippen LogP) is 5.94. The number of ether oxygens (including phenoxy) is 1. The molecule has 1 heterocycles. The second-order valence-corrected chi connectivity index (χ2v) is 9.00. The smallest absolute Gasteiger partial charge is 0.255 e. The molecule has 0 unspecified atom stereocenters. The van der Waals surface area contributed by atoms with Crippen molar-refractivity contribution in [2.24, 2.45) is 0 Å². The summed E-state index contributed by atoms with van der Waals surface area (Å²) in [6, 6.07) is 20.1. The molecule has 0 aliphatic rings. The molecule has 0 atom stereocenters. The predicted molar refractivity (Wildman–Crippen MR) is 134 cm³/mol. The Morgan fingerprint density at radius 1 is 1.03 bits per heavy atom. The van der Waals surface area contributed by atoms with Gasteiger partial charge < -0.3 is 15.4 Å². The van der Waals surface area contributed by atoms with E-state index in [0.717, 1.165) is 21.9 Å². The molecule has 34 heavy (non-hydrogen) atoms. The summed E-state index contributed by atoms with van der Waals surface area (Å²) in [5.74, 6) is 0.00235. The number of methoxy groups -OCH3 is 1. The first-order valence-corrected chi connectivity index (χ1v) is 12.1. The van der Waals surface area contributed by atoms with Crippen molar-refractivity contribution < 1.29 is 18.7 Å². The fourth-order valence-corrected chi connectivity index (χ4v) is 4.51. The second-order valence-electron chi connectivity index (χ2n) is 7.10. The molecule has 0 aliphatic carbocycles. The summed E-state index contributed by atoms with van der Waals surface area (Å²) in [5.41, 5.74) is 2.61. The van der Waals surface area contributed by atoms with E-state index in [2.05, 4.69) is 15.6 Å². The van der Waals surface area contributed by atoms with Gasteiger partial charge in [-0.15, -0.1) is 23.1 Å². The van der Waals surface area contributed by atoms with Gasteiger partial charge in [-0.2, -0.15) is 0 Å². The molecule has 0 saturated heterocycles. The minimum Gasteiger partial charge on any atom is -0.497 e. The lowest BCUT2D eigenvalue weighted by molar-refractivity contribution is -0.113. The zero-order valence-electron chi connectivity index (χ0n) is 18.1. The molecule has 9 heteroatoms. The van der Waals surface area contributed by atoms with Gasteiger partial charge in [0.25, 0.3) is 5.91 Å². The largest absolute Gasteiger partial charge is 0.497 e. The quantitative estimate of drug-likeness (QED) is 0.297. The van der Waals surface area contributed by atoms with Crippen molar-refractivity contribution in [3.8, 4) is 17.0 Å². The van der Waals surface area contributed by atoms with Crippen LogP contribution in [0, 0.1) is 5.82 Å². The van der Waals surface area contributed by atoms with Gasteiger partial charge in [-0.25, -0.2) is 9.37 Å². The Balaban J connectivity index is 1.31. The highest BCUT2D eigenvalue weighted by Gasteiger charge is 2.11. The van der Waals surface area contributed by atoms with Crippen LogP contribution in [0.4, 0.5) is 15.2 Å². The van der Waals surface area contributed by atoms with E-state index in [1.54, 1.807) is 25.3 Å². The maximum Gasteiger partial charge on any atom is 0.255 e. The van der Waals surface area contributed by atoms with Gasteiger partial charge in [0.15, 0.2) is 5.13 Å². The number of rotatable bonds is 8. The van der Waals surface area contributed by atoms with E-state index in [4.69, 9.17) is 4.74 Å². The highest BCUT2D eigenvalue weighted by molar-refractivity contribution is 8.00. The van der Waals surface area contributed by atoms with Gasteiger partial charge in [0.1, 0.15) is 11.6 Å². The van der Waals surface area contributed by atoms with E-state index in [9.17, 15) is 14.0 Å². The number of hydrogen-bond donors (Lipinski definition) is 2. The Bertz CT molecular complexity index is 1310. The number of carbonyl (C=O) groups excluding carboxylic acids is 2. The minimum atomic E-state index is -0.400. The van der Waals surface area contributed by atoms with Gasteiger partial charge >= 0.3 is 0 Å². The Kier molecular flexibility index (Phi) is 7.56. The van der Waals surface area contributed by atoms with Crippen LogP contribution < -0.4 is 15.4 Å². The van der Waals surface area contributed by atoms with Crippen LogP contribution >= 0.6 is 23.1 Å². The van der Waals surface area contributed by atoms with Gasteiger partial charge in [-0.1, -0.05) is 18.2 Å². The van der Waals surface area contributed by atoms with Gasteiger partial charge in [0, 0.05) is 27.1 Å². The number of halogens is 1. The normalized spacial score (nSPS) is 10.5. The first-order chi connectivity index (χ1) is 16.5. The fraction of sp³-hybridized carbons (Fsp3) is 0.0800. The zero-order valence-corrected chi connectivity index (χ0v) is 19.7. The average molecular weight is 494 g/mol. The van der Waals surface area contributed by atoms with E-state index >= 15 is 0 Å². The Morgan fingerprint density at radius 2 is 1.82 bits per heavy atom. The summed E-state index contributed by atoms with van der Waals surface area (Å²) in [7, 11) is 1.61. The summed E-state index contributed by atoms with van der Waals surface area (Å²) < 4.78 is 18.3. The summed E-state index contributed by atoms with van der Waals surface area (Å²) in [6.07, 6.45) is 0. The Labute approximate surface area is 204 Å². The summed E-state index contributed by atoms with van der Waals surface area (Å²) in [5, 5.41) is 8.00. The van der Waals surface area contributed by atoms with Crippen molar-refractivity contribution >= 4 is 45.7 Å². The van der Waals surface area contributed by atoms with E-state index < -0.39 is 5.82 Å². The number of benzene rings is 3. The first kappa shape index (κ1) is 23.5. The second kappa shape index (κ2) is 11.0. The molecule has 3 aromatic carbocycles. The summed E-state index contributed by atoms with van der Waals surface area (Å²) >= 11 is 2.69. The lowest BCUT2D eigenvalue weighted by atomic mass is 10.2. The molecule has 0 radical (unpaired) electrons. The number of thiazole rings is 1. The molecule has 2 N–H and O–H groups in total. The summed E-state index contributed by atoms with van der Waals surface area (Å²) in [6.45, 7) is 0. The number of hydrogen-bond acceptors (Lipinski definition) is 6. The molecule has 6 nitrogen and oxygen atoms in total. The lowest BCUT2D eigenvalue weighted by Crippen LogP contribution is -2.14. The van der Waals surface area contributed by atoms with E-state index in [1.165, 1.54) is 47.4 Å². The maximum absolute atomic E-state index is 13.0. The minimum absolute atomic E-state index is 0.183. The molecule has 0 saturated carbocycles. The van der Waals surface area contributed by atoms with Crippen LogP contribution in [0.3, 0.4) is 0 Å². The van der Waals surface area contributed by atoms with Crippen molar-refractivity contribution in [3.05, 3.63) is 89.6 Å². The topological polar surface area (TPSA) is 80.3 Å². The number of anilines is 2. The molecule has 0 bridgehead atoms. The number of amides is 2. The number of carbonyl (C=O) groups is 2. The lowest BCUT2D eigenvalue weighted by Gasteiger charge is -2.08. The molecule has 0 fully saturated rings. The van der Waals surface area contributed by atoms with Crippen LogP contribution in [0.5, 0.6) is 5.75 Å². The monoisotopic (exact) mass is 493 g/mol. The molecule has 2 amide bonds. The molecular formula is C25H20FN3O3S2. The Morgan fingerprint density at radius 3 is 2.62 bits per heavy atom. The van der Waals surface area contributed by atoms with Gasteiger partial charge in [-0.3, -0.25) is 9.59 Å². The highest BCUT2D eigenvalue weighted by Crippen LogP contribution is 2.28. The van der Waals surface area contributed by atoms with Crippen molar-refractivity contribution in [2.45, 2.75) is 4.90 Å². The molecule has 4 rings (SSSR count). The highest BCUT2D eigenvalue weighted by atomic mass is 32.2. The third-order valence-corrected chi connectivity index (χ3v) is 6.44. The maximum atomic E-state index is 13.0. The zero-order chi connectivity index (χ0) is 23.9. The molecular weight excluding hydrogens is 473 g/mol. The van der Waals surface area contributed by atoms with Crippen LogP contribution in [0.1, 0.15) is 10.4 Å². The van der Waals surface area contributed by atoms with Crippen molar-refractivity contribution in [1.82, 2.24) is 4.98 Å². The van der Waals surface area contributed by atoms with Crippen molar-refractivity contribution in [2.75, 3.05) is 23.5 Å². The third kappa shape index (κ3) is 6.21. The number of nitrogens with one attached hydrogen (secondary N) is 2. The van der Waals surface area contributed by atoms with Crippen LogP contribution in [-0.4, -0.2) is 29.7 Å². The number of nitrogens with zero attached hydrogens (tertiary/aromatic N) is 1. The van der Waals surface area contributed by atoms with E-state index in [1.807, 2.05) is 35.7 Å². The van der Waals surface area contributed by atoms with E-state index in [0.29, 0.717) is 16.4 Å². The summed E-state index contributed by atoms with van der Waals surface area (Å²) in [4.78, 5) is 30.1. The van der Waals surface area contributed by atoms with Gasteiger partial charge in [-0.05, 0) is 54.6 Å². The average Bonchev–Trinajstić information content (AvgIpc) is 3.32. The standard InChI is InChI=1S/C25H20FN3O3S2/c1-32-20-6-2-4-17(12-20)22-14-34-25(28-22)29-23(30)15-33-21-7-3-5-19(13-21)27-24(31)16-8-10-18(26)11-9-16/h2-14H,15H2,1H3,(H,27,31)(H,28,29,30). The fourth-order valence-electron chi connectivity index (χ4n) is 3.02. The molecule has 1 aromatic heterocycles. The number of thioether (sulfide) groups is 1. The molecule has 4 aromatic rings. The van der Waals surface area contributed by atoms with E-state index in [-0.39, 0.29) is 17.6 Å². The van der Waals surface area contributed by atoms with Crippen LogP contribution in [-0.2, 0) is 4.79 Å². The molecule has 172 valence electrons. The van der Waals surface area contributed by atoms with Gasteiger partial charge in [0.2, 0.25) is 5.91 Å². The first-order valence-electron chi connectivity index (χ1n) is 10.2.